The van der Waals surface area contributed by atoms with E-state index in [1.54, 1.807) is 14.0 Å². The Labute approximate surface area is 190 Å². The highest BCUT2D eigenvalue weighted by Gasteiger charge is 2.37. The molecule has 13 heteroatoms. The number of fused-ring (bicyclic) bond motifs is 4. The standard InChI is InChI=1S/C21H17N5O8/c1-10-6-13-12-8-17(33-3)16(32-2)7-11(12)4-5-23(13)20(10)18-14(24(27)28)9-15(25(29)30)19-21(18)26(31)34-22-19/h6-9H,4-5H2,1-3H3. The van der Waals surface area contributed by atoms with Crippen molar-refractivity contribution in [2.45, 2.75) is 19.9 Å². The number of benzene rings is 2. The van der Waals surface area contributed by atoms with Crippen LogP contribution < -0.4 is 14.4 Å². The predicted molar refractivity (Wildman–Crippen MR) is 117 cm³/mol. The monoisotopic (exact) mass is 467 g/mol. The normalized spacial score (nSPS) is 12.3. The van der Waals surface area contributed by atoms with Crippen LogP contribution in [-0.4, -0.2) is 33.8 Å². The quantitative estimate of drug-likeness (QED) is 0.243. The zero-order valence-corrected chi connectivity index (χ0v) is 18.2. The Balaban J connectivity index is 1.85. The van der Waals surface area contributed by atoms with E-state index in [-0.39, 0.29) is 21.5 Å². The summed E-state index contributed by atoms with van der Waals surface area (Å²) in [6, 6.07) is 6.37. The van der Waals surface area contributed by atoms with Crippen molar-refractivity contribution in [3.63, 3.8) is 0 Å². The van der Waals surface area contributed by atoms with E-state index in [1.807, 2.05) is 22.8 Å². The Hall–Kier alpha value is -4.68. The van der Waals surface area contributed by atoms with Gasteiger partial charge in [-0.3, -0.25) is 24.9 Å². The lowest BCUT2D eigenvalue weighted by Crippen LogP contribution is -2.24. The number of methoxy groups -OCH3 is 2. The average Bonchev–Trinajstić information content (AvgIpc) is 3.36. The lowest BCUT2D eigenvalue weighted by Gasteiger charge is -2.23. The van der Waals surface area contributed by atoms with Gasteiger partial charge in [-0.1, -0.05) is 0 Å². The molecule has 0 atom stereocenters. The summed E-state index contributed by atoms with van der Waals surface area (Å²) in [5, 5.41) is 39.5. The van der Waals surface area contributed by atoms with Crippen molar-refractivity contribution in [2.24, 2.45) is 0 Å². The van der Waals surface area contributed by atoms with E-state index in [9.17, 15) is 25.4 Å². The number of hydrogen-bond donors (Lipinski definition) is 0. The number of nitro benzene ring substituents is 2. The lowest BCUT2D eigenvalue weighted by atomic mass is 9.97. The van der Waals surface area contributed by atoms with Crippen molar-refractivity contribution in [2.75, 3.05) is 14.2 Å². The van der Waals surface area contributed by atoms with Crippen LogP contribution in [-0.2, 0) is 13.0 Å². The molecule has 13 nitrogen and oxygen atoms in total. The Bertz CT molecular complexity index is 1520. The molecule has 0 amide bonds. The van der Waals surface area contributed by atoms with Gasteiger partial charge in [-0.05, 0) is 47.6 Å². The van der Waals surface area contributed by atoms with Gasteiger partial charge in [-0.25, -0.2) is 0 Å². The van der Waals surface area contributed by atoms with Crippen LogP contribution in [0.5, 0.6) is 11.5 Å². The Morgan fingerprint density at radius 1 is 1.06 bits per heavy atom. The van der Waals surface area contributed by atoms with E-state index < -0.39 is 21.2 Å². The number of nitro groups is 2. The second-order valence-corrected chi connectivity index (χ2v) is 7.76. The number of nitrogens with zero attached hydrogens (tertiary/aromatic N) is 5. The first-order chi connectivity index (χ1) is 16.3. The van der Waals surface area contributed by atoms with Gasteiger partial charge in [0.05, 0.1) is 41.0 Å². The van der Waals surface area contributed by atoms with Crippen LogP contribution in [0.15, 0.2) is 28.9 Å². The summed E-state index contributed by atoms with van der Waals surface area (Å²) in [6.07, 6.45) is 0.578. The molecule has 0 spiro atoms. The van der Waals surface area contributed by atoms with Gasteiger partial charge >= 0.3 is 11.2 Å². The van der Waals surface area contributed by atoms with Gasteiger partial charge in [0.15, 0.2) is 11.5 Å². The molecule has 1 aliphatic heterocycles. The first-order valence-corrected chi connectivity index (χ1v) is 10.1. The summed E-state index contributed by atoms with van der Waals surface area (Å²) in [6.45, 7) is 2.20. The molecule has 2 aromatic carbocycles. The van der Waals surface area contributed by atoms with Crippen LogP contribution in [0.25, 0.3) is 33.5 Å². The van der Waals surface area contributed by atoms with E-state index in [0.717, 1.165) is 22.9 Å². The highest BCUT2D eigenvalue weighted by atomic mass is 16.8. The zero-order valence-electron chi connectivity index (χ0n) is 18.2. The van der Waals surface area contributed by atoms with Crippen LogP contribution in [0.1, 0.15) is 11.1 Å². The molecule has 0 saturated carbocycles. The third kappa shape index (κ3) is 2.86. The molecule has 0 N–H and O–H groups in total. The highest BCUT2D eigenvalue weighted by molar-refractivity contribution is 6.00. The van der Waals surface area contributed by atoms with E-state index in [1.165, 1.54) is 7.11 Å². The summed E-state index contributed by atoms with van der Waals surface area (Å²) >= 11 is 0. The predicted octanol–water partition coefficient (Wildman–Crippen LogP) is 3.29. The van der Waals surface area contributed by atoms with Crippen molar-refractivity contribution >= 4 is 22.4 Å². The van der Waals surface area contributed by atoms with Crippen molar-refractivity contribution in [1.29, 1.82) is 0 Å². The second-order valence-electron chi connectivity index (χ2n) is 7.76. The molecule has 174 valence electrons. The van der Waals surface area contributed by atoms with Crippen molar-refractivity contribution in [3.05, 3.63) is 60.8 Å². The largest absolute Gasteiger partial charge is 0.493 e. The number of rotatable bonds is 5. The van der Waals surface area contributed by atoms with Gasteiger partial charge in [0, 0.05) is 17.8 Å². The minimum Gasteiger partial charge on any atom is -0.493 e. The molecule has 3 heterocycles. The van der Waals surface area contributed by atoms with Crippen molar-refractivity contribution < 1.29 is 28.9 Å². The summed E-state index contributed by atoms with van der Waals surface area (Å²) < 4.78 is 17.3. The van der Waals surface area contributed by atoms with Gasteiger partial charge < -0.3 is 19.2 Å². The maximum atomic E-state index is 12.5. The maximum absolute atomic E-state index is 12.5. The molecule has 0 radical (unpaired) electrons. The fourth-order valence-corrected chi connectivity index (χ4v) is 4.60. The van der Waals surface area contributed by atoms with Gasteiger partial charge in [-0.2, -0.15) is 0 Å². The molecule has 5 rings (SSSR count). The summed E-state index contributed by atoms with van der Waals surface area (Å²) in [7, 11) is 3.08. The summed E-state index contributed by atoms with van der Waals surface area (Å²) in [5.41, 5.74) is 1.52. The maximum Gasteiger partial charge on any atom is 0.333 e. The van der Waals surface area contributed by atoms with Crippen molar-refractivity contribution in [1.82, 2.24) is 9.72 Å². The van der Waals surface area contributed by atoms with Crippen LogP contribution in [0, 0.1) is 32.4 Å². The first kappa shape index (κ1) is 21.2. The molecule has 1 aliphatic rings. The molecule has 0 unspecified atom stereocenters. The van der Waals surface area contributed by atoms with E-state index in [4.69, 9.17) is 9.47 Å². The van der Waals surface area contributed by atoms with Gasteiger partial charge in [0.25, 0.3) is 5.69 Å². The van der Waals surface area contributed by atoms with Gasteiger partial charge in [0.2, 0.25) is 5.52 Å². The molecule has 34 heavy (non-hydrogen) atoms. The third-order valence-electron chi connectivity index (χ3n) is 6.03. The molecule has 2 aromatic heterocycles. The molecule has 0 bridgehead atoms. The number of aryl methyl sites for hydroxylation is 2. The number of hydrogen-bond acceptors (Lipinski definition) is 9. The SMILES string of the molecule is COc1cc2c(cc1OC)-c1cc(C)c(-c3c([N+](=O)[O-])cc([N+](=O)[O-])c4no[n+]([O-])c34)n1CC2. The fourth-order valence-electron chi connectivity index (χ4n) is 4.60. The second kappa shape index (κ2) is 7.43. The van der Waals surface area contributed by atoms with Gasteiger partial charge in [-0.15, -0.1) is 0 Å². The number of non-ortho nitro benzene ring substituents is 1. The van der Waals surface area contributed by atoms with E-state index in [0.29, 0.717) is 35.7 Å². The molecular weight excluding hydrogens is 450 g/mol. The minimum atomic E-state index is -0.835. The van der Waals surface area contributed by atoms with E-state index in [2.05, 4.69) is 9.79 Å². The molecule has 4 aromatic rings. The Kier molecular flexibility index (Phi) is 4.63. The third-order valence-corrected chi connectivity index (χ3v) is 6.03. The fraction of sp³-hybridized carbons (Fsp3) is 0.238. The molecule has 0 aliphatic carbocycles. The van der Waals surface area contributed by atoms with Crippen LogP contribution in [0.2, 0.25) is 0 Å². The van der Waals surface area contributed by atoms with Crippen LogP contribution in [0.4, 0.5) is 11.4 Å². The van der Waals surface area contributed by atoms with E-state index >= 15 is 0 Å². The molecule has 0 fully saturated rings. The molecular formula is C21H17N5O8. The van der Waals surface area contributed by atoms with Crippen LogP contribution >= 0.6 is 0 Å². The highest BCUT2D eigenvalue weighted by Crippen LogP contribution is 2.46. The lowest BCUT2D eigenvalue weighted by molar-refractivity contribution is -0.782. The smallest absolute Gasteiger partial charge is 0.333 e. The summed E-state index contributed by atoms with van der Waals surface area (Å²) in [4.78, 5) is 21.9. The number of aromatic nitrogens is 3. The van der Waals surface area contributed by atoms with Gasteiger partial charge in [0.1, 0.15) is 5.56 Å². The Morgan fingerprint density at radius 3 is 2.38 bits per heavy atom. The summed E-state index contributed by atoms with van der Waals surface area (Å²) in [5.74, 6) is 1.11. The zero-order chi connectivity index (χ0) is 24.3. The average molecular weight is 467 g/mol. The minimum absolute atomic E-state index is 0.0330. The first-order valence-electron chi connectivity index (χ1n) is 10.1. The topological polar surface area (TPSA) is 163 Å². The van der Waals surface area contributed by atoms with Crippen molar-refractivity contribution in [3.8, 4) is 34.0 Å². The Morgan fingerprint density at radius 2 is 1.74 bits per heavy atom. The molecule has 0 saturated heterocycles. The number of ether oxygens (including phenoxy) is 2. The van der Waals surface area contributed by atoms with Crippen LogP contribution in [0.3, 0.4) is 0 Å².